The molecule has 2 rings (SSSR count). The SMILES string of the molecule is COc1ccc(NC(=O)N2CCCCC2C)cc1OC. The third-order valence-corrected chi connectivity index (χ3v) is 3.70. The van der Waals surface area contributed by atoms with Gasteiger partial charge in [0.05, 0.1) is 14.2 Å². The van der Waals surface area contributed by atoms with Gasteiger partial charge in [-0.1, -0.05) is 0 Å². The van der Waals surface area contributed by atoms with Gasteiger partial charge in [-0.05, 0) is 38.3 Å². The molecule has 0 bridgehead atoms. The maximum atomic E-state index is 12.3. The second-order valence-corrected chi connectivity index (χ2v) is 5.04. The van der Waals surface area contributed by atoms with Gasteiger partial charge in [-0.3, -0.25) is 0 Å². The van der Waals surface area contributed by atoms with E-state index in [0.29, 0.717) is 23.2 Å². The van der Waals surface area contributed by atoms with Crippen molar-refractivity contribution < 1.29 is 14.3 Å². The molecule has 1 heterocycles. The molecule has 0 aromatic heterocycles. The van der Waals surface area contributed by atoms with Crippen molar-refractivity contribution >= 4 is 11.7 Å². The molecule has 0 aliphatic carbocycles. The number of nitrogens with zero attached hydrogens (tertiary/aromatic N) is 1. The molecule has 1 aliphatic rings. The van der Waals surface area contributed by atoms with Crippen LogP contribution in [-0.2, 0) is 0 Å². The highest BCUT2D eigenvalue weighted by Gasteiger charge is 2.23. The molecule has 5 nitrogen and oxygen atoms in total. The van der Waals surface area contributed by atoms with Crippen LogP contribution in [0.3, 0.4) is 0 Å². The zero-order valence-electron chi connectivity index (χ0n) is 12.3. The number of likely N-dealkylation sites (tertiary alicyclic amines) is 1. The lowest BCUT2D eigenvalue weighted by atomic mass is 10.0. The molecule has 1 saturated heterocycles. The van der Waals surface area contributed by atoms with Crippen LogP contribution in [0, 0.1) is 0 Å². The number of benzene rings is 1. The summed E-state index contributed by atoms with van der Waals surface area (Å²) >= 11 is 0. The highest BCUT2D eigenvalue weighted by atomic mass is 16.5. The average molecular weight is 278 g/mol. The molecule has 1 atom stereocenters. The normalized spacial score (nSPS) is 18.6. The number of piperidine rings is 1. The van der Waals surface area contributed by atoms with Crippen LogP contribution < -0.4 is 14.8 Å². The van der Waals surface area contributed by atoms with Crippen molar-refractivity contribution in [3.63, 3.8) is 0 Å². The first-order valence-corrected chi connectivity index (χ1v) is 6.95. The number of amides is 2. The van der Waals surface area contributed by atoms with Crippen molar-refractivity contribution in [1.29, 1.82) is 0 Å². The minimum atomic E-state index is -0.0515. The van der Waals surface area contributed by atoms with E-state index in [1.54, 1.807) is 26.4 Å². The molecule has 1 N–H and O–H groups in total. The lowest BCUT2D eigenvalue weighted by molar-refractivity contribution is 0.170. The first-order chi connectivity index (χ1) is 9.65. The van der Waals surface area contributed by atoms with Crippen LogP contribution >= 0.6 is 0 Å². The van der Waals surface area contributed by atoms with E-state index in [2.05, 4.69) is 12.2 Å². The quantitative estimate of drug-likeness (QED) is 0.924. The molecule has 0 saturated carbocycles. The molecule has 1 fully saturated rings. The molecule has 2 amide bonds. The molecule has 0 spiro atoms. The minimum Gasteiger partial charge on any atom is -0.493 e. The minimum absolute atomic E-state index is 0.0515. The van der Waals surface area contributed by atoms with Crippen LogP contribution in [0.5, 0.6) is 11.5 Å². The Morgan fingerprint density at radius 3 is 2.65 bits per heavy atom. The van der Waals surface area contributed by atoms with E-state index in [0.717, 1.165) is 19.4 Å². The summed E-state index contributed by atoms with van der Waals surface area (Å²) in [7, 11) is 3.17. The predicted octanol–water partition coefficient (Wildman–Crippen LogP) is 3.11. The topological polar surface area (TPSA) is 50.8 Å². The van der Waals surface area contributed by atoms with Crippen LogP contribution in [0.25, 0.3) is 0 Å². The first-order valence-electron chi connectivity index (χ1n) is 6.95. The fourth-order valence-electron chi connectivity index (χ4n) is 2.51. The smallest absolute Gasteiger partial charge is 0.322 e. The Hall–Kier alpha value is -1.91. The van der Waals surface area contributed by atoms with E-state index in [4.69, 9.17) is 9.47 Å². The Bertz CT molecular complexity index is 476. The molecule has 110 valence electrons. The number of anilines is 1. The summed E-state index contributed by atoms with van der Waals surface area (Å²) in [5.41, 5.74) is 0.713. The largest absolute Gasteiger partial charge is 0.493 e. The van der Waals surface area contributed by atoms with Crippen molar-refractivity contribution in [2.45, 2.75) is 32.2 Å². The number of methoxy groups -OCH3 is 2. The van der Waals surface area contributed by atoms with Crippen LogP contribution in [0.15, 0.2) is 18.2 Å². The number of hydrogen-bond acceptors (Lipinski definition) is 3. The number of carbonyl (C=O) groups is 1. The first kappa shape index (κ1) is 14.5. The maximum Gasteiger partial charge on any atom is 0.322 e. The second-order valence-electron chi connectivity index (χ2n) is 5.04. The second kappa shape index (κ2) is 6.50. The Balaban J connectivity index is 2.07. The van der Waals surface area contributed by atoms with Gasteiger partial charge in [0.25, 0.3) is 0 Å². The van der Waals surface area contributed by atoms with Crippen LogP contribution in [0.1, 0.15) is 26.2 Å². The fourth-order valence-corrected chi connectivity index (χ4v) is 2.51. The summed E-state index contributed by atoms with van der Waals surface area (Å²) in [6, 6.07) is 5.61. The molecule has 0 radical (unpaired) electrons. The highest BCUT2D eigenvalue weighted by Crippen LogP contribution is 2.30. The summed E-state index contributed by atoms with van der Waals surface area (Å²) < 4.78 is 10.4. The van der Waals surface area contributed by atoms with Gasteiger partial charge in [0.2, 0.25) is 0 Å². The number of ether oxygens (including phenoxy) is 2. The third kappa shape index (κ3) is 3.15. The van der Waals surface area contributed by atoms with E-state index in [1.165, 1.54) is 6.42 Å². The predicted molar refractivity (Wildman–Crippen MR) is 78.6 cm³/mol. The van der Waals surface area contributed by atoms with E-state index in [9.17, 15) is 4.79 Å². The summed E-state index contributed by atoms with van der Waals surface area (Å²) in [5.74, 6) is 1.26. The molecule has 1 aromatic carbocycles. The number of urea groups is 1. The summed E-state index contributed by atoms with van der Waals surface area (Å²) in [6.07, 6.45) is 3.34. The molecule has 20 heavy (non-hydrogen) atoms. The van der Waals surface area contributed by atoms with Crippen molar-refractivity contribution in [1.82, 2.24) is 4.90 Å². The Morgan fingerprint density at radius 2 is 2.00 bits per heavy atom. The van der Waals surface area contributed by atoms with E-state index < -0.39 is 0 Å². The highest BCUT2D eigenvalue weighted by molar-refractivity contribution is 5.90. The van der Waals surface area contributed by atoms with Gasteiger partial charge in [-0.25, -0.2) is 4.79 Å². The molecule has 1 aromatic rings. The van der Waals surface area contributed by atoms with Gasteiger partial charge in [0.1, 0.15) is 0 Å². The molecular formula is C15H22N2O3. The number of nitrogens with one attached hydrogen (secondary N) is 1. The van der Waals surface area contributed by atoms with E-state index >= 15 is 0 Å². The van der Waals surface area contributed by atoms with Gasteiger partial charge in [-0.15, -0.1) is 0 Å². The van der Waals surface area contributed by atoms with Gasteiger partial charge < -0.3 is 19.7 Å². The Morgan fingerprint density at radius 1 is 1.25 bits per heavy atom. The van der Waals surface area contributed by atoms with Crippen molar-refractivity contribution in [3.05, 3.63) is 18.2 Å². The van der Waals surface area contributed by atoms with Crippen molar-refractivity contribution in [3.8, 4) is 11.5 Å². The van der Waals surface area contributed by atoms with E-state index in [1.807, 2.05) is 11.0 Å². The van der Waals surface area contributed by atoms with Crippen LogP contribution in [0.4, 0.5) is 10.5 Å². The van der Waals surface area contributed by atoms with Crippen LogP contribution in [-0.4, -0.2) is 37.7 Å². The molecular weight excluding hydrogens is 256 g/mol. The Kier molecular flexibility index (Phi) is 4.71. The van der Waals surface area contributed by atoms with Gasteiger partial charge in [-0.2, -0.15) is 0 Å². The zero-order chi connectivity index (χ0) is 14.5. The van der Waals surface area contributed by atoms with Crippen molar-refractivity contribution in [2.75, 3.05) is 26.1 Å². The lowest BCUT2D eigenvalue weighted by Crippen LogP contribution is -2.44. The molecule has 5 heteroatoms. The summed E-state index contributed by atoms with van der Waals surface area (Å²) in [4.78, 5) is 14.2. The molecule has 1 unspecified atom stereocenters. The molecule has 1 aliphatic heterocycles. The average Bonchev–Trinajstić information content (AvgIpc) is 2.47. The zero-order valence-corrected chi connectivity index (χ0v) is 12.3. The fraction of sp³-hybridized carbons (Fsp3) is 0.533. The van der Waals surface area contributed by atoms with Gasteiger partial charge in [0, 0.05) is 24.3 Å². The van der Waals surface area contributed by atoms with Gasteiger partial charge in [0.15, 0.2) is 11.5 Å². The van der Waals surface area contributed by atoms with Crippen molar-refractivity contribution in [2.24, 2.45) is 0 Å². The number of rotatable bonds is 3. The number of hydrogen-bond donors (Lipinski definition) is 1. The summed E-state index contributed by atoms with van der Waals surface area (Å²) in [5, 5.41) is 2.92. The standard InChI is InChI=1S/C15H22N2O3/c1-11-6-4-5-9-17(11)15(18)16-12-7-8-13(19-2)14(10-12)20-3/h7-8,10-11H,4-6,9H2,1-3H3,(H,16,18). The summed E-state index contributed by atoms with van der Waals surface area (Å²) in [6.45, 7) is 2.91. The van der Waals surface area contributed by atoms with Gasteiger partial charge >= 0.3 is 6.03 Å². The monoisotopic (exact) mass is 278 g/mol. The van der Waals surface area contributed by atoms with E-state index in [-0.39, 0.29) is 6.03 Å². The Labute approximate surface area is 119 Å². The third-order valence-electron chi connectivity index (χ3n) is 3.70. The maximum absolute atomic E-state index is 12.3. The lowest BCUT2D eigenvalue weighted by Gasteiger charge is -2.33. The number of carbonyl (C=O) groups excluding carboxylic acids is 1. The van der Waals surface area contributed by atoms with Crippen LogP contribution in [0.2, 0.25) is 0 Å².